The van der Waals surface area contributed by atoms with E-state index in [2.05, 4.69) is 15.3 Å². The average molecular weight is 510 g/mol. The number of nitrogens with one attached hydrogen (secondary N) is 1. The smallest absolute Gasteiger partial charge is 0.326 e. The van der Waals surface area contributed by atoms with Crippen LogP contribution in [0.15, 0.2) is 35.8 Å². The number of carbonyl (C=O) groups is 1. The van der Waals surface area contributed by atoms with Gasteiger partial charge in [0.25, 0.3) is 6.17 Å². The molecule has 2 atom stereocenters. The molecule has 2 aromatic heterocycles. The van der Waals surface area contributed by atoms with Crippen LogP contribution in [0.3, 0.4) is 0 Å². The van der Waals surface area contributed by atoms with Gasteiger partial charge in [-0.2, -0.15) is 0 Å². The Morgan fingerprint density at radius 2 is 2.21 bits per heavy atom. The monoisotopic (exact) mass is 509 g/mol. The van der Waals surface area contributed by atoms with Crippen LogP contribution >= 0.6 is 34.5 Å². The normalized spacial score (nSPS) is 20.7. The van der Waals surface area contributed by atoms with Crippen molar-refractivity contribution in [2.45, 2.75) is 38.0 Å². The van der Waals surface area contributed by atoms with Crippen molar-refractivity contribution in [1.82, 2.24) is 15.3 Å². The van der Waals surface area contributed by atoms with Crippen LogP contribution in [0.4, 0.5) is 5.95 Å². The van der Waals surface area contributed by atoms with E-state index in [1.54, 1.807) is 31.3 Å². The number of hydrogen-bond donors (Lipinski definition) is 1. The maximum atomic E-state index is 13.0. The second-order valence-electron chi connectivity index (χ2n) is 7.67. The van der Waals surface area contributed by atoms with Crippen LogP contribution in [0.1, 0.15) is 25.3 Å². The minimum atomic E-state index is -1.25. The summed E-state index contributed by atoms with van der Waals surface area (Å²) in [5, 5.41) is 18.9. The summed E-state index contributed by atoms with van der Waals surface area (Å²) in [5.41, 5.74) is -0.455. The molecule has 0 saturated carbocycles. The van der Waals surface area contributed by atoms with Crippen LogP contribution in [0.5, 0.6) is 0 Å². The van der Waals surface area contributed by atoms with Gasteiger partial charge in [-0.15, -0.1) is 11.3 Å². The first-order valence-electron chi connectivity index (χ1n) is 10.3. The lowest BCUT2D eigenvalue weighted by molar-refractivity contribution is -0.526. The predicted molar refractivity (Wildman–Crippen MR) is 127 cm³/mol. The van der Waals surface area contributed by atoms with Gasteiger partial charge >= 0.3 is 5.97 Å². The molecule has 0 amide bonds. The average Bonchev–Trinajstić information content (AvgIpc) is 3.27. The highest BCUT2D eigenvalue weighted by Crippen LogP contribution is 2.33. The predicted octanol–water partition coefficient (Wildman–Crippen LogP) is 4.29. The number of aromatic nitrogens is 2. The van der Waals surface area contributed by atoms with E-state index in [1.165, 1.54) is 16.2 Å². The van der Waals surface area contributed by atoms with Crippen LogP contribution < -0.4 is 10.2 Å². The molecule has 3 aromatic rings. The van der Waals surface area contributed by atoms with Gasteiger partial charge in [-0.25, -0.2) is 9.97 Å². The summed E-state index contributed by atoms with van der Waals surface area (Å²) in [6.45, 7) is 2.34. The second kappa shape index (κ2) is 9.76. The van der Waals surface area contributed by atoms with E-state index >= 15 is 0 Å². The number of halogens is 2. The van der Waals surface area contributed by atoms with E-state index < -0.39 is 22.6 Å². The molecule has 4 rings (SSSR count). The number of ether oxygens (including phenoxy) is 1. The summed E-state index contributed by atoms with van der Waals surface area (Å²) in [6, 6.07) is 7.03. The molecule has 3 heterocycles. The number of rotatable bonds is 7. The Hall–Kier alpha value is -2.53. The molecule has 9 nitrogen and oxygen atoms in total. The highest BCUT2D eigenvalue weighted by Gasteiger charge is 2.51. The lowest BCUT2D eigenvalue weighted by atomic mass is 9.85. The quantitative estimate of drug-likeness (QED) is 0.285. The van der Waals surface area contributed by atoms with Gasteiger partial charge in [0.2, 0.25) is 5.95 Å². The number of carbonyl (C=O) groups excluding carboxylic acids is 1. The lowest BCUT2D eigenvalue weighted by Crippen LogP contribution is -2.63. The fourth-order valence-corrected chi connectivity index (χ4v) is 4.96. The molecule has 1 aliphatic rings. The van der Waals surface area contributed by atoms with E-state index in [9.17, 15) is 14.9 Å². The maximum absolute atomic E-state index is 13.0. The summed E-state index contributed by atoms with van der Waals surface area (Å²) in [5.74, 6) is -0.250. The van der Waals surface area contributed by atoms with Crippen molar-refractivity contribution in [3.8, 4) is 0 Å². The third-order valence-corrected chi connectivity index (χ3v) is 7.21. The fraction of sp³-hybridized carbons (Fsp3) is 0.381. The van der Waals surface area contributed by atoms with Crippen molar-refractivity contribution in [3.05, 3.63) is 61.6 Å². The van der Waals surface area contributed by atoms with Gasteiger partial charge in [0.1, 0.15) is 10.4 Å². The van der Waals surface area contributed by atoms with E-state index in [-0.39, 0.29) is 38.5 Å². The van der Waals surface area contributed by atoms with Gasteiger partial charge in [-0.05, 0) is 42.5 Å². The summed E-state index contributed by atoms with van der Waals surface area (Å²) < 4.78 is 5.31. The molecule has 1 N–H and O–H groups in total. The second-order valence-corrected chi connectivity index (χ2v) is 9.38. The zero-order chi connectivity index (χ0) is 23.6. The zero-order valence-electron chi connectivity index (χ0n) is 17.7. The van der Waals surface area contributed by atoms with Crippen molar-refractivity contribution < 1.29 is 14.5 Å². The Labute approximate surface area is 203 Å². The Kier molecular flexibility index (Phi) is 6.99. The number of piperidine rings is 1. The molecule has 1 saturated heterocycles. The third-order valence-electron chi connectivity index (χ3n) is 5.65. The number of anilines is 1. The number of benzene rings is 1. The number of hydrogen-bond acceptors (Lipinski definition) is 9. The summed E-state index contributed by atoms with van der Waals surface area (Å²) >= 11 is 13.5. The molecular weight excluding hydrogens is 489 g/mol. The number of esters is 1. The highest BCUT2D eigenvalue weighted by atomic mass is 35.5. The number of fused-ring (bicyclic) bond motifs is 1. The first kappa shape index (κ1) is 23.6. The minimum absolute atomic E-state index is 0.105. The third kappa shape index (κ3) is 4.89. The molecular formula is C21H21Cl2N5O4S. The summed E-state index contributed by atoms with van der Waals surface area (Å²) in [7, 11) is 0. The molecule has 1 aromatic carbocycles. The molecule has 174 valence electrons. The van der Waals surface area contributed by atoms with Gasteiger partial charge in [0.15, 0.2) is 0 Å². The molecule has 0 spiro atoms. The van der Waals surface area contributed by atoms with Crippen LogP contribution in [0.25, 0.3) is 10.2 Å². The standard InChI is InChI=1S/C21H21Cl2N5O4S/c1-2-32-19(29)21(25-11-13-3-4-15(22)16(23)9-13)6-7-27(17(10-21)28(30)31)20-24-12-14-5-8-33-18(14)26-20/h3-5,8-9,12,17,25H,2,6-7,10-11H2,1H3. The molecule has 1 aliphatic heterocycles. The number of thiophene rings is 1. The minimum Gasteiger partial charge on any atom is -0.465 e. The Bertz CT molecular complexity index is 1190. The maximum Gasteiger partial charge on any atom is 0.326 e. The topological polar surface area (TPSA) is 110 Å². The fourth-order valence-electron chi connectivity index (χ4n) is 3.90. The van der Waals surface area contributed by atoms with E-state index in [4.69, 9.17) is 27.9 Å². The van der Waals surface area contributed by atoms with Crippen molar-refractivity contribution in [1.29, 1.82) is 0 Å². The Morgan fingerprint density at radius 3 is 2.94 bits per heavy atom. The number of nitro groups is 1. The van der Waals surface area contributed by atoms with Gasteiger partial charge < -0.3 is 4.74 Å². The highest BCUT2D eigenvalue weighted by molar-refractivity contribution is 7.16. The number of nitrogens with zero attached hydrogens (tertiary/aromatic N) is 4. The largest absolute Gasteiger partial charge is 0.465 e. The van der Waals surface area contributed by atoms with Crippen molar-refractivity contribution in [2.75, 3.05) is 18.1 Å². The van der Waals surface area contributed by atoms with E-state index in [0.717, 1.165) is 15.8 Å². The lowest BCUT2D eigenvalue weighted by Gasteiger charge is -2.41. The first-order valence-corrected chi connectivity index (χ1v) is 11.9. The SMILES string of the molecule is CCOC(=O)C1(NCc2ccc(Cl)c(Cl)c2)CCN(c2ncc3ccsc3n2)C([N+](=O)[O-])C1. The van der Waals surface area contributed by atoms with Gasteiger partial charge in [0.05, 0.1) is 23.1 Å². The summed E-state index contributed by atoms with van der Waals surface area (Å²) in [6.07, 6.45) is 0.623. The van der Waals surface area contributed by atoms with Crippen molar-refractivity contribution >= 4 is 56.7 Å². The van der Waals surface area contributed by atoms with Gasteiger partial charge in [0, 0.05) is 29.6 Å². The van der Waals surface area contributed by atoms with Crippen LogP contribution in [-0.4, -0.2) is 45.7 Å². The van der Waals surface area contributed by atoms with E-state index in [1.807, 2.05) is 11.4 Å². The van der Waals surface area contributed by atoms with E-state index in [0.29, 0.717) is 10.0 Å². The van der Waals surface area contributed by atoms with Gasteiger partial charge in [-0.1, -0.05) is 29.3 Å². The van der Waals surface area contributed by atoms with Gasteiger partial charge in [-0.3, -0.25) is 25.1 Å². The summed E-state index contributed by atoms with van der Waals surface area (Å²) in [4.78, 5) is 35.8. The first-order chi connectivity index (χ1) is 15.8. The Morgan fingerprint density at radius 1 is 1.39 bits per heavy atom. The molecule has 2 unspecified atom stereocenters. The molecule has 0 radical (unpaired) electrons. The molecule has 1 fully saturated rings. The Balaban J connectivity index is 1.61. The van der Waals surface area contributed by atoms with Crippen molar-refractivity contribution in [3.63, 3.8) is 0 Å². The molecule has 33 heavy (non-hydrogen) atoms. The molecule has 12 heteroatoms. The van der Waals surface area contributed by atoms with Crippen LogP contribution in [0.2, 0.25) is 10.0 Å². The molecule has 0 aliphatic carbocycles. The van der Waals surface area contributed by atoms with Crippen LogP contribution in [0, 0.1) is 10.1 Å². The zero-order valence-corrected chi connectivity index (χ0v) is 20.0. The van der Waals surface area contributed by atoms with Crippen molar-refractivity contribution in [2.24, 2.45) is 0 Å². The van der Waals surface area contributed by atoms with Crippen LogP contribution in [-0.2, 0) is 16.1 Å². The molecule has 0 bridgehead atoms.